The van der Waals surface area contributed by atoms with Gasteiger partial charge in [0.25, 0.3) is 0 Å². The van der Waals surface area contributed by atoms with E-state index in [0.717, 1.165) is 11.3 Å². The number of hydrogen-bond acceptors (Lipinski definition) is 1. The Hall–Kier alpha value is -1.50. The van der Waals surface area contributed by atoms with Crippen LogP contribution in [-0.4, -0.2) is 0 Å². The molecule has 0 atom stereocenters. The maximum atomic E-state index is 5.78. The van der Waals surface area contributed by atoms with Crippen LogP contribution in [0.15, 0.2) is 36.9 Å². The van der Waals surface area contributed by atoms with E-state index in [0.29, 0.717) is 0 Å². The van der Waals surface area contributed by atoms with E-state index < -0.39 is 0 Å². The maximum absolute atomic E-state index is 5.78. The van der Waals surface area contributed by atoms with E-state index in [-0.39, 0.29) is 0 Å². The number of nitrogens with two attached hydrogens (primary N) is 1. The number of rotatable bonds is 2. The van der Waals surface area contributed by atoms with Gasteiger partial charge in [-0.15, -0.1) is 0 Å². The molecule has 0 unspecified atom stereocenters. The van der Waals surface area contributed by atoms with Crippen LogP contribution in [0.4, 0.5) is 5.69 Å². The molecule has 0 aliphatic carbocycles. The first-order chi connectivity index (χ1) is 5.74. The van der Waals surface area contributed by atoms with Crippen LogP contribution in [0, 0.1) is 6.92 Å². The summed E-state index contributed by atoms with van der Waals surface area (Å²) in [4.78, 5) is 0. The number of anilines is 1. The topological polar surface area (TPSA) is 26.0 Å². The molecule has 62 valence electrons. The molecule has 0 radical (unpaired) electrons. The summed E-state index contributed by atoms with van der Waals surface area (Å²) < 4.78 is 0. The highest BCUT2D eigenvalue weighted by Gasteiger charge is 1.92. The van der Waals surface area contributed by atoms with Crippen LogP contribution in [0.5, 0.6) is 0 Å². The second kappa shape index (κ2) is 3.77. The number of allylic oxidation sites excluding steroid dienone is 2. The Balaban J connectivity index is 3.01. The van der Waals surface area contributed by atoms with E-state index in [9.17, 15) is 0 Å². The molecule has 1 rings (SSSR count). The van der Waals surface area contributed by atoms with E-state index >= 15 is 0 Å². The zero-order valence-electron chi connectivity index (χ0n) is 7.25. The molecule has 0 aliphatic rings. The van der Waals surface area contributed by atoms with Gasteiger partial charge in [-0.2, -0.15) is 0 Å². The fourth-order valence-corrected chi connectivity index (χ4v) is 1.02. The zero-order chi connectivity index (χ0) is 8.97. The van der Waals surface area contributed by atoms with Gasteiger partial charge in [-0.3, -0.25) is 0 Å². The van der Waals surface area contributed by atoms with Crippen molar-refractivity contribution >= 4 is 11.8 Å². The van der Waals surface area contributed by atoms with Gasteiger partial charge in [0.15, 0.2) is 0 Å². The summed E-state index contributed by atoms with van der Waals surface area (Å²) in [6, 6.07) is 6.01. The number of aryl methyl sites for hydroxylation is 1. The molecule has 1 aromatic rings. The maximum Gasteiger partial charge on any atom is 0.0390 e. The average Bonchev–Trinajstić information content (AvgIpc) is 2.03. The number of benzene rings is 1. The minimum absolute atomic E-state index is 0.813. The van der Waals surface area contributed by atoms with Crippen LogP contribution in [-0.2, 0) is 0 Å². The standard InChI is InChI=1S/C11H13N/c1-3-4-5-10-7-6-9(2)8-11(10)12/h3-8H,1,12H2,2H3/b5-4-. The van der Waals surface area contributed by atoms with E-state index in [1.165, 1.54) is 5.56 Å². The molecule has 0 fully saturated rings. The lowest BCUT2D eigenvalue weighted by Crippen LogP contribution is -1.89. The molecule has 1 aromatic carbocycles. The SMILES string of the molecule is C=C/C=C\c1ccc(C)cc1N. The van der Waals surface area contributed by atoms with E-state index in [1.54, 1.807) is 6.08 Å². The van der Waals surface area contributed by atoms with Crippen molar-refractivity contribution in [3.63, 3.8) is 0 Å². The Morgan fingerprint density at radius 3 is 2.75 bits per heavy atom. The van der Waals surface area contributed by atoms with Crippen molar-refractivity contribution in [2.24, 2.45) is 0 Å². The van der Waals surface area contributed by atoms with Gasteiger partial charge in [-0.25, -0.2) is 0 Å². The molecule has 2 N–H and O–H groups in total. The molecule has 1 nitrogen and oxygen atoms in total. The van der Waals surface area contributed by atoms with Gasteiger partial charge < -0.3 is 5.73 Å². The summed E-state index contributed by atoms with van der Waals surface area (Å²) in [5.74, 6) is 0. The predicted molar refractivity (Wildman–Crippen MR) is 54.8 cm³/mol. The molecule has 12 heavy (non-hydrogen) atoms. The van der Waals surface area contributed by atoms with Gasteiger partial charge in [-0.1, -0.05) is 36.9 Å². The molecule has 0 bridgehead atoms. The molecule has 1 heteroatoms. The quantitative estimate of drug-likeness (QED) is 0.521. The van der Waals surface area contributed by atoms with E-state index in [2.05, 4.69) is 6.58 Å². The Morgan fingerprint density at radius 1 is 1.42 bits per heavy atom. The van der Waals surface area contributed by atoms with Crippen LogP contribution in [0.1, 0.15) is 11.1 Å². The summed E-state index contributed by atoms with van der Waals surface area (Å²) >= 11 is 0. The lowest BCUT2D eigenvalue weighted by molar-refractivity contribution is 1.46. The van der Waals surface area contributed by atoms with Crippen LogP contribution >= 0.6 is 0 Å². The van der Waals surface area contributed by atoms with Crippen LogP contribution in [0.2, 0.25) is 0 Å². The molecule has 0 aliphatic heterocycles. The third kappa shape index (κ3) is 1.99. The highest BCUT2D eigenvalue weighted by atomic mass is 14.6. The van der Waals surface area contributed by atoms with Crippen LogP contribution < -0.4 is 5.73 Å². The lowest BCUT2D eigenvalue weighted by Gasteiger charge is -2.00. The molecule has 0 heterocycles. The van der Waals surface area contributed by atoms with Gasteiger partial charge >= 0.3 is 0 Å². The molecular weight excluding hydrogens is 146 g/mol. The summed E-state index contributed by atoms with van der Waals surface area (Å²) in [6.07, 6.45) is 5.56. The molecule has 0 saturated heterocycles. The summed E-state index contributed by atoms with van der Waals surface area (Å²) in [6.45, 7) is 5.62. The molecule has 0 saturated carbocycles. The Bertz CT molecular complexity index is 311. The van der Waals surface area contributed by atoms with Gasteiger partial charge in [0.2, 0.25) is 0 Å². The highest BCUT2D eigenvalue weighted by Crippen LogP contribution is 2.14. The van der Waals surface area contributed by atoms with Crippen LogP contribution in [0.3, 0.4) is 0 Å². The van der Waals surface area contributed by atoms with E-state index in [1.807, 2.05) is 37.3 Å². The van der Waals surface area contributed by atoms with Gasteiger partial charge in [0, 0.05) is 5.69 Å². The molecule has 0 spiro atoms. The summed E-state index contributed by atoms with van der Waals surface area (Å²) in [7, 11) is 0. The Kier molecular flexibility index (Phi) is 2.70. The fraction of sp³-hybridized carbons (Fsp3) is 0.0909. The second-order valence-electron chi connectivity index (χ2n) is 2.73. The largest absolute Gasteiger partial charge is 0.398 e. The average molecular weight is 159 g/mol. The Morgan fingerprint density at radius 2 is 2.17 bits per heavy atom. The fourth-order valence-electron chi connectivity index (χ4n) is 1.02. The van der Waals surface area contributed by atoms with Crippen molar-refractivity contribution in [2.75, 3.05) is 5.73 Å². The summed E-state index contributed by atoms with van der Waals surface area (Å²) in [5.41, 5.74) is 8.82. The van der Waals surface area contributed by atoms with Crippen molar-refractivity contribution in [3.8, 4) is 0 Å². The molecule has 0 amide bonds. The second-order valence-corrected chi connectivity index (χ2v) is 2.73. The third-order valence-electron chi connectivity index (χ3n) is 1.65. The molecule has 0 aromatic heterocycles. The minimum Gasteiger partial charge on any atom is -0.398 e. The van der Waals surface area contributed by atoms with Crippen LogP contribution in [0.25, 0.3) is 6.08 Å². The van der Waals surface area contributed by atoms with Crippen molar-refractivity contribution < 1.29 is 0 Å². The smallest absolute Gasteiger partial charge is 0.0390 e. The first-order valence-corrected chi connectivity index (χ1v) is 3.89. The molecular formula is C11H13N. The van der Waals surface area contributed by atoms with E-state index in [4.69, 9.17) is 5.73 Å². The van der Waals surface area contributed by atoms with Crippen molar-refractivity contribution in [1.82, 2.24) is 0 Å². The highest BCUT2D eigenvalue weighted by molar-refractivity contribution is 5.65. The number of hydrogen-bond donors (Lipinski definition) is 1. The zero-order valence-corrected chi connectivity index (χ0v) is 7.25. The monoisotopic (exact) mass is 159 g/mol. The first-order valence-electron chi connectivity index (χ1n) is 3.89. The minimum atomic E-state index is 0.813. The third-order valence-corrected chi connectivity index (χ3v) is 1.65. The predicted octanol–water partition coefficient (Wildman–Crippen LogP) is 2.78. The van der Waals surface area contributed by atoms with Gasteiger partial charge in [0.05, 0.1) is 0 Å². The van der Waals surface area contributed by atoms with Gasteiger partial charge in [-0.05, 0) is 24.1 Å². The normalized spacial score (nSPS) is 10.4. The lowest BCUT2D eigenvalue weighted by atomic mass is 10.1. The number of nitrogen functional groups attached to an aromatic ring is 1. The van der Waals surface area contributed by atoms with Crippen molar-refractivity contribution in [3.05, 3.63) is 48.1 Å². The van der Waals surface area contributed by atoms with Gasteiger partial charge in [0.1, 0.15) is 0 Å². The van der Waals surface area contributed by atoms with Crippen molar-refractivity contribution in [2.45, 2.75) is 6.92 Å². The first kappa shape index (κ1) is 8.60. The Labute approximate surface area is 73.2 Å². The summed E-state index contributed by atoms with van der Waals surface area (Å²) in [5, 5.41) is 0. The van der Waals surface area contributed by atoms with Crippen molar-refractivity contribution in [1.29, 1.82) is 0 Å².